The smallest absolute Gasteiger partial charge is 0.306 e. The van der Waals surface area contributed by atoms with Crippen LogP contribution in [0.2, 0.25) is 0 Å². The van der Waals surface area contributed by atoms with Crippen LogP contribution < -0.4 is 0 Å². The number of unbranched alkanes of at least 4 members (excludes halogenated alkanes) is 19. The molecule has 0 N–H and O–H groups in total. The first-order valence-electron chi connectivity index (χ1n) is 29.7. The van der Waals surface area contributed by atoms with Crippen LogP contribution in [-0.4, -0.2) is 37.2 Å². The van der Waals surface area contributed by atoms with Crippen molar-refractivity contribution >= 4 is 17.9 Å². The summed E-state index contributed by atoms with van der Waals surface area (Å²) in [5.41, 5.74) is 0. The Morgan fingerprint density at radius 1 is 0.288 bits per heavy atom. The molecule has 0 bridgehead atoms. The first-order valence-corrected chi connectivity index (χ1v) is 29.7. The minimum absolute atomic E-state index is 0.107. The second-order valence-corrected chi connectivity index (χ2v) is 19.2. The lowest BCUT2D eigenvalue weighted by Crippen LogP contribution is -2.30. The molecule has 6 heteroatoms. The van der Waals surface area contributed by atoms with Crippen LogP contribution in [0.5, 0.6) is 0 Å². The van der Waals surface area contributed by atoms with Gasteiger partial charge in [-0.05, 0) is 135 Å². The Morgan fingerprint density at radius 2 is 0.548 bits per heavy atom. The van der Waals surface area contributed by atoms with E-state index in [9.17, 15) is 14.4 Å². The zero-order valence-electron chi connectivity index (χ0n) is 47.1. The van der Waals surface area contributed by atoms with E-state index < -0.39 is 6.10 Å². The SMILES string of the molecule is CC/C=C\C/C=C\C/C=C\C/C=C\C/C=C\C/C=C\C/C=C\C/C=C\C/C=C\CCCC(=O)OCC(COC(=O)CCCCCCC/C=C\CCCCCC)OC(=O)CCCCCCC/C=C\CCCCCC. The van der Waals surface area contributed by atoms with E-state index in [1.807, 2.05) is 0 Å². The molecule has 0 rings (SSSR count). The lowest BCUT2D eigenvalue weighted by atomic mass is 10.1. The van der Waals surface area contributed by atoms with Gasteiger partial charge in [0.05, 0.1) is 0 Å². The summed E-state index contributed by atoms with van der Waals surface area (Å²) >= 11 is 0. The number of carbonyl (C=O) groups is 3. The molecule has 0 aliphatic rings. The van der Waals surface area contributed by atoms with Crippen LogP contribution in [0.15, 0.2) is 134 Å². The van der Waals surface area contributed by atoms with Crippen LogP contribution >= 0.6 is 0 Å². The van der Waals surface area contributed by atoms with Gasteiger partial charge in [-0.3, -0.25) is 14.4 Å². The summed E-state index contributed by atoms with van der Waals surface area (Å²) in [5, 5.41) is 0. The van der Waals surface area contributed by atoms with Gasteiger partial charge in [0, 0.05) is 19.3 Å². The maximum Gasteiger partial charge on any atom is 0.306 e. The molecule has 0 aromatic rings. The van der Waals surface area contributed by atoms with E-state index in [4.69, 9.17) is 14.2 Å². The van der Waals surface area contributed by atoms with Crippen LogP contribution in [0.3, 0.4) is 0 Å². The molecule has 1 atom stereocenters. The lowest BCUT2D eigenvalue weighted by molar-refractivity contribution is -0.167. The van der Waals surface area contributed by atoms with Gasteiger partial charge in [-0.15, -0.1) is 0 Å². The van der Waals surface area contributed by atoms with Crippen molar-refractivity contribution in [3.8, 4) is 0 Å². The van der Waals surface area contributed by atoms with Crippen molar-refractivity contribution < 1.29 is 28.6 Å². The molecule has 1 unspecified atom stereocenters. The third kappa shape index (κ3) is 58.3. The van der Waals surface area contributed by atoms with Gasteiger partial charge in [0.15, 0.2) is 6.10 Å². The molecule has 0 aliphatic carbocycles. The standard InChI is InChI=1S/C67H108O6/c1-4-7-10-13-16-19-22-25-26-27-28-29-30-31-32-33-34-35-36-37-38-39-40-43-45-48-51-54-57-60-66(69)72-63-64(73-67(70)61-58-55-52-49-46-42-24-21-18-15-12-9-6-3)62-71-65(68)59-56-53-50-47-44-41-23-20-17-14-11-8-5-2/h7,10,16,19-21,23-26,28-29,31-32,34-35,37-38,40,43,48,51,64H,4-6,8-9,11-15,17-18,22,27,30,33,36,39,41-42,44-47,49-50,52-63H2,1-3H3/b10-7-,19-16-,23-20-,24-21-,26-25-,29-28-,32-31-,35-34-,38-37-,43-40-,51-48-. The zero-order valence-corrected chi connectivity index (χ0v) is 47.1. The summed E-state index contributed by atoms with van der Waals surface area (Å²) in [4.78, 5) is 38.1. The summed E-state index contributed by atoms with van der Waals surface area (Å²) < 4.78 is 16.8. The van der Waals surface area contributed by atoms with Gasteiger partial charge in [0.2, 0.25) is 0 Å². The Balaban J connectivity index is 4.42. The maximum absolute atomic E-state index is 12.8. The topological polar surface area (TPSA) is 78.9 Å². The van der Waals surface area contributed by atoms with Crippen molar-refractivity contribution in [1.82, 2.24) is 0 Å². The summed E-state index contributed by atoms with van der Waals surface area (Å²) in [5.74, 6) is -0.990. The monoisotopic (exact) mass is 1010 g/mol. The highest BCUT2D eigenvalue weighted by Gasteiger charge is 2.19. The van der Waals surface area contributed by atoms with E-state index >= 15 is 0 Å². The van der Waals surface area contributed by atoms with Gasteiger partial charge < -0.3 is 14.2 Å². The molecule has 0 heterocycles. The lowest BCUT2D eigenvalue weighted by Gasteiger charge is -2.18. The average molecular weight is 1010 g/mol. The van der Waals surface area contributed by atoms with Crippen LogP contribution in [0, 0.1) is 0 Å². The minimum atomic E-state index is -0.813. The zero-order chi connectivity index (χ0) is 52.9. The van der Waals surface area contributed by atoms with Crippen molar-refractivity contribution in [1.29, 1.82) is 0 Å². The van der Waals surface area contributed by atoms with E-state index in [1.165, 1.54) is 77.0 Å². The van der Waals surface area contributed by atoms with Gasteiger partial charge in [-0.1, -0.05) is 231 Å². The third-order valence-electron chi connectivity index (χ3n) is 12.1. The second-order valence-electron chi connectivity index (χ2n) is 19.2. The maximum atomic E-state index is 12.8. The van der Waals surface area contributed by atoms with Crippen LogP contribution in [0.25, 0.3) is 0 Å². The highest BCUT2D eigenvalue weighted by Crippen LogP contribution is 2.13. The summed E-state index contributed by atoms with van der Waals surface area (Å²) in [7, 11) is 0. The number of ether oxygens (including phenoxy) is 3. The van der Waals surface area contributed by atoms with Gasteiger partial charge in [-0.2, -0.15) is 0 Å². The van der Waals surface area contributed by atoms with E-state index in [2.05, 4.69) is 154 Å². The largest absolute Gasteiger partial charge is 0.462 e. The number of hydrogen-bond acceptors (Lipinski definition) is 6. The average Bonchev–Trinajstić information content (AvgIpc) is 3.39. The van der Waals surface area contributed by atoms with Gasteiger partial charge in [-0.25, -0.2) is 0 Å². The highest BCUT2D eigenvalue weighted by molar-refractivity contribution is 5.71. The predicted molar refractivity (Wildman–Crippen MR) is 316 cm³/mol. The molecule has 0 aromatic heterocycles. The number of esters is 3. The fourth-order valence-corrected chi connectivity index (χ4v) is 7.67. The molecule has 0 radical (unpaired) electrons. The van der Waals surface area contributed by atoms with E-state index in [1.54, 1.807) is 0 Å². The fraction of sp³-hybridized carbons (Fsp3) is 0.627. The van der Waals surface area contributed by atoms with Crippen LogP contribution in [0.1, 0.15) is 252 Å². The molecule has 0 spiro atoms. The third-order valence-corrected chi connectivity index (χ3v) is 12.1. The summed E-state index contributed by atoms with van der Waals surface area (Å²) in [6, 6.07) is 0. The van der Waals surface area contributed by atoms with Crippen molar-refractivity contribution in [3.63, 3.8) is 0 Å². The van der Waals surface area contributed by atoms with E-state index in [0.29, 0.717) is 19.3 Å². The fourth-order valence-electron chi connectivity index (χ4n) is 7.67. The van der Waals surface area contributed by atoms with Crippen molar-refractivity contribution in [2.24, 2.45) is 0 Å². The molecular formula is C67H108O6. The summed E-state index contributed by atoms with van der Waals surface area (Å²) in [6.07, 6.45) is 84.5. The molecule has 73 heavy (non-hydrogen) atoms. The molecule has 0 aliphatic heterocycles. The number of hydrogen-bond donors (Lipinski definition) is 0. The first-order chi connectivity index (χ1) is 36.0. The highest BCUT2D eigenvalue weighted by atomic mass is 16.6. The van der Waals surface area contributed by atoms with E-state index in [-0.39, 0.29) is 37.5 Å². The van der Waals surface area contributed by atoms with Crippen molar-refractivity contribution in [3.05, 3.63) is 134 Å². The molecule has 412 valence electrons. The first kappa shape index (κ1) is 68.6. The van der Waals surface area contributed by atoms with Crippen LogP contribution in [0.4, 0.5) is 0 Å². The normalized spacial score (nSPS) is 13.1. The molecular weight excluding hydrogens is 901 g/mol. The molecule has 6 nitrogen and oxygen atoms in total. The van der Waals surface area contributed by atoms with Crippen molar-refractivity contribution in [2.45, 2.75) is 258 Å². The molecule has 0 amide bonds. The number of carbonyl (C=O) groups excluding carboxylic acids is 3. The quantitative estimate of drug-likeness (QED) is 0.0261. The molecule has 0 aromatic carbocycles. The van der Waals surface area contributed by atoms with Gasteiger partial charge in [0.25, 0.3) is 0 Å². The Hall–Kier alpha value is -4.45. The Labute approximate surface area is 449 Å². The Bertz CT molecular complexity index is 1580. The summed E-state index contributed by atoms with van der Waals surface area (Å²) in [6.45, 7) is 6.42. The van der Waals surface area contributed by atoms with Gasteiger partial charge >= 0.3 is 17.9 Å². The van der Waals surface area contributed by atoms with Crippen molar-refractivity contribution in [2.75, 3.05) is 13.2 Å². The Morgan fingerprint density at radius 3 is 0.904 bits per heavy atom. The number of allylic oxidation sites excluding steroid dienone is 22. The predicted octanol–water partition coefficient (Wildman–Crippen LogP) is 20.2. The molecule has 0 saturated heterocycles. The minimum Gasteiger partial charge on any atom is -0.462 e. The molecule has 0 saturated carbocycles. The van der Waals surface area contributed by atoms with E-state index in [0.717, 1.165) is 128 Å². The van der Waals surface area contributed by atoms with Crippen LogP contribution in [-0.2, 0) is 28.6 Å². The second kappa shape index (κ2) is 60.1. The number of rotatable bonds is 52. The Kier molecular flexibility index (Phi) is 56.4. The molecule has 0 fully saturated rings. The van der Waals surface area contributed by atoms with Gasteiger partial charge in [0.1, 0.15) is 13.2 Å².